The molecule has 62 heavy (non-hydrogen) atoms. The van der Waals surface area contributed by atoms with E-state index in [2.05, 4.69) is 179 Å². The number of rotatable bonds is 4. The number of nitrogens with zero attached hydrogens (tertiary/aromatic N) is 4. The van der Waals surface area contributed by atoms with Crippen LogP contribution in [-0.2, 0) is 0 Å². The van der Waals surface area contributed by atoms with Gasteiger partial charge in [-0.05, 0) is 71.8 Å². The monoisotopic (exact) mass is 792 g/mol. The van der Waals surface area contributed by atoms with Gasteiger partial charge in [0.25, 0.3) is 0 Å². The molecule has 0 aliphatic rings. The zero-order valence-electron chi connectivity index (χ0n) is 33.1. The Hall–Kier alpha value is -8.48. The summed E-state index contributed by atoms with van der Waals surface area (Å²) in [4.78, 5) is 10.9. The first kappa shape index (κ1) is 33.4. The van der Waals surface area contributed by atoms with E-state index < -0.39 is 0 Å². The summed E-state index contributed by atoms with van der Waals surface area (Å²) in [6.07, 6.45) is 0. The molecular weight excluding hydrogens is 761 g/mol. The van der Waals surface area contributed by atoms with Gasteiger partial charge in [-0.15, -0.1) is 0 Å². The third kappa shape index (κ3) is 4.63. The Bertz CT molecular complexity index is 4180. The molecule has 5 aromatic heterocycles. The van der Waals surface area contributed by atoms with Gasteiger partial charge >= 0.3 is 0 Å². The van der Waals surface area contributed by atoms with Gasteiger partial charge in [0, 0.05) is 59.6 Å². The average molecular weight is 793 g/mol. The summed E-state index contributed by atoms with van der Waals surface area (Å²) in [6.45, 7) is 0. The topological polar surface area (TPSA) is 61.9 Å². The van der Waals surface area contributed by atoms with Crippen LogP contribution in [0.3, 0.4) is 0 Å². The van der Waals surface area contributed by atoms with Crippen molar-refractivity contribution in [2.24, 2.45) is 0 Å². The maximum Gasteiger partial charge on any atom is 0.237 e. The van der Waals surface area contributed by atoms with Gasteiger partial charge in [0.05, 0.1) is 27.6 Å². The maximum atomic E-state index is 6.50. The largest absolute Gasteiger partial charge is 0.455 e. The highest BCUT2D eigenvalue weighted by Gasteiger charge is 2.22. The molecule has 0 fully saturated rings. The highest BCUT2D eigenvalue weighted by molar-refractivity contribution is 6.15. The minimum Gasteiger partial charge on any atom is -0.455 e. The third-order valence-electron chi connectivity index (χ3n) is 12.8. The molecule has 6 heteroatoms. The zero-order valence-corrected chi connectivity index (χ0v) is 33.1. The molecule has 0 saturated heterocycles. The fourth-order valence-corrected chi connectivity index (χ4v) is 9.99. The van der Waals surface area contributed by atoms with E-state index in [9.17, 15) is 0 Å². The second-order valence-corrected chi connectivity index (χ2v) is 16.1. The summed E-state index contributed by atoms with van der Waals surface area (Å²) >= 11 is 0. The highest BCUT2D eigenvalue weighted by atomic mass is 16.3. The number of furan rings is 2. The van der Waals surface area contributed by atoms with Crippen molar-refractivity contribution in [3.8, 4) is 34.0 Å². The molecule has 0 radical (unpaired) electrons. The summed E-state index contributed by atoms with van der Waals surface area (Å²) in [5, 5.41) is 9.98. The number of benzene rings is 9. The summed E-state index contributed by atoms with van der Waals surface area (Å²) in [5.74, 6) is 1.43. The lowest BCUT2D eigenvalue weighted by Crippen LogP contribution is -2.07. The Morgan fingerprint density at radius 1 is 0.323 bits per heavy atom. The number of para-hydroxylation sites is 7. The number of hydrogen-bond acceptors (Lipinski definition) is 4. The standard InChI is InChI=1S/C56H32N4O2/c1-6-22-46-43(17-1)55(59-47-23-7-2-13-37(47)44-31-33(27-29-49(44)59)35-18-11-20-41-39-15-4-9-25-51(39)61-53(35)41)58-56(57-46)60-48-24-8-3-14-38(48)45-32-34(28-30-50(45)60)36-19-12-21-42-40-16-5-10-26-52(40)62-54(36)42/h1-32H. The van der Waals surface area contributed by atoms with Crippen LogP contribution in [0.5, 0.6) is 0 Å². The van der Waals surface area contributed by atoms with E-state index in [0.29, 0.717) is 5.95 Å². The fourth-order valence-electron chi connectivity index (χ4n) is 9.99. The maximum absolute atomic E-state index is 6.50. The van der Waals surface area contributed by atoms with Gasteiger partial charge in [0.2, 0.25) is 5.95 Å². The van der Waals surface area contributed by atoms with Gasteiger partial charge in [-0.2, -0.15) is 4.98 Å². The second kappa shape index (κ2) is 12.5. The van der Waals surface area contributed by atoms with E-state index in [1.165, 1.54) is 0 Å². The van der Waals surface area contributed by atoms with Crippen LogP contribution < -0.4 is 0 Å². The van der Waals surface area contributed by atoms with Gasteiger partial charge in [-0.25, -0.2) is 4.98 Å². The molecule has 0 amide bonds. The molecule has 9 aromatic carbocycles. The van der Waals surface area contributed by atoms with Crippen molar-refractivity contribution in [3.63, 3.8) is 0 Å². The lowest BCUT2D eigenvalue weighted by Gasteiger charge is -2.14. The molecule has 0 N–H and O–H groups in total. The van der Waals surface area contributed by atoms with Gasteiger partial charge in [-0.3, -0.25) is 9.13 Å². The Balaban J connectivity index is 0.988. The molecule has 0 saturated carbocycles. The van der Waals surface area contributed by atoms with Crippen molar-refractivity contribution in [1.29, 1.82) is 0 Å². The van der Waals surface area contributed by atoms with E-state index in [-0.39, 0.29) is 0 Å². The van der Waals surface area contributed by atoms with E-state index in [4.69, 9.17) is 18.8 Å². The normalized spacial score (nSPS) is 12.2. The van der Waals surface area contributed by atoms with Crippen LogP contribution in [0.1, 0.15) is 0 Å². The summed E-state index contributed by atoms with van der Waals surface area (Å²) in [5.41, 5.74) is 12.9. The van der Waals surface area contributed by atoms with E-state index >= 15 is 0 Å². The predicted octanol–water partition coefficient (Wildman–Crippen LogP) is 15.0. The summed E-state index contributed by atoms with van der Waals surface area (Å²) in [7, 11) is 0. The van der Waals surface area contributed by atoms with Crippen LogP contribution in [0.25, 0.3) is 132 Å². The molecule has 6 nitrogen and oxygen atoms in total. The van der Waals surface area contributed by atoms with Crippen LogP contribution in [0, 0.1) is 0 Å². The minimum absolute atomic E-state index is 0.608. The predicted molar refractivity (Wildman–Crippen MR) is 254 cm³/mol. The van der Waals surface area contributed by atoms with Crippen molar-refractivity contribution < 1.29 is 8.83 Å². The molecule has 288 valence electrons. The molecule has 0 bridgehead atoms. The van der Waals surface area contributed by atoms with Crippen molar-refractivity contribution in [2.75, 3.05) is 0 Å². The zero-order chi connectivity index (χ0) is 40.5. The fraction of sp³-hybridized carbons (Fsp3) is 0. The number of hydrogen-bond donors (Lipinski definition) is 0. The molecule has 0 aliphatic heterocycles. The van der Waals surface area contributed by atoms with Gasteiger partial charge in [0.15, 0.2) is 5.82 Å². The molecule has 0 atom stereocenters. The molecule has 0 aliphatic carbocycles. The quantitative estimate of drug-likeness (QED) is 0.178. The Kier molecular flexibility index (Phi) is 6.74. The molecule has 0 unspecified atom stereocenters. The number of fused-ring (bicyclic) bond motifs is 13. The molecule has 5 heterocycles. The van der Waals surface area contributed by atoms with E-state index in [1.54, 1.807) is 0 Å². The van der Waals surface area contributed by atoms with Crippen LogP contribution in [0.2, 0.25) is 0 Å². The minimum atomic E-state index is 0.608. The lowest BCUT2D eigenvalue weighted by atomic mass is 10.0. The van der Waals surface area contributed by atoms with E-state index in [0.717, 1.165) is 126 Å². The molecular formula is C56H32N4O2. The highest BCUT2D eigenvalue weighted by Crippen LogP contribution is 2.42. The Morgan fingerprint density at radius 2 is 0.774 bits per heavy atom. The van der Waals surface area contributed by atoms with Crippen molar-refractivity contribution in [1.82, 2.24) is 19.1 Å². The smallest absolute Gasteiger partial charge is 0.237 e. The average Bonchev–Trinajstić information content (AvgIpc) is 4.09. The number of aromatic nitrogens is 4. The first-order valence-corrected chi connectivity index (χ1v) is 20.9. The first-order valence-electron chi connectivity index (χ1n) is 20.9. The van der Waals surface area contributed by atoms with Crippen LogP contribution in [0.4, 0.5) is 0 Å². The van der Waals surface area contributed by atoms with Crippen molar-refractivity contribution >= 4 is 98.4 Å². The first-order chi connectivity index (χ1) is 30.7. The van der Waals surface area contributed by atoms with E-state index in [1.807, 2.05) is 24.3 Å². The summed E-state index contributed by atoms with van der Waals surface area (Å²) < 4.78 is 17.5. The molecule has 14 aromatic rings. The van der Waals surface area contributed by atoms with Crippen LogP contribution >= 0.6 is 0 Å². The lowest BCUT2D eigenvalue weighted by molar-refractivity contribution is 0.669. The van der Waals surface area contributed by atoms with Crippen molar-refractivity contribution in [2.45, 2.75) is 0 Å². The van der Waals surface area contributed by atoms with Crippen LogP contribution in [-0.4, -0.2) is 19.1 Å². The SMILES string of the molecule is c1ccc2c(-n3c4ccccc4c4cc(-c5cccc6c5oc5ccccc56)ccc43)nc(-n3c4ccccc4c4cc(-c5cccc6c5oc5ccccc56)ccc43)nc2c1. The Labute approximate surface area is 353 Å². The van der Waals surface area contributed by atoms with Gasteiger partial charge in [0.1, 0.15) is 22.3 Å². The third-order valence-corrected chi connectivity index (χ3v) is 12.8. The summed E-state index contributed by atoms with van der Waals surface area (Å²) in [6, 6.07) is 68.3. The Morgan fingerprint density at radius 3 is 1.37 bits per heavy atom. The second-order valence-electron chi connectivity index (χ2n) is 16.1. The van der Waals surface area contributed by atoms with Crippen molar-refractivity contribution in [3.05, 3.63) is 194 Å². The van der Waals surface area contributed by atoms with Gasteiger partial charge < -0.3 is 8.83 Å². The van der Waals surface area contributed by atoms with Gasteiger partial charge in [-0.1, -0.05) is 133 Å². The van der Waals surface area contributed by atoms with Crippen LogP contribution in [0.15, 0.2) is 203 Å². The molecule has 14 rings (SSSR count). The molecule has 0 spiro atoms.